The molecule has 3 heteroatoms. The summed E-state index contributed by atoms with van der Waals surface area (Å²) in [5.74, 6) is 0.744. The van der Waals surface area contributed by atoms with Crippen LogP contribution in [0.4, 0.5) is 5.69 Å². The maximum atomic E-state index is 4.00. The van der Waals surface area contributed by atoms with Gasteiger partial charge in [0.25, 0.3) is 0 Å². The molecule has 0 aliphatic heterocycles. The van der Waals surface area contributed by atoms with Crippen molar-refractivity contribution in [1.29, 1.82) is 0 Å². The standard InChI is InChI=1S/C12H17N3/c1-9(2)5-6-13-11-4-3-10-8-14-15-12(10)7-11/h3-4,7-9,13H,5-6H2,1-2H3,(H,14,15). The highest BCUT2D eigenvalue weighted by Crippen LogP contribution is 2.16. The molecular weight excluding hydrogens is 186 g/mol. The van der Waals surface area contributed by atoms with Crippen molar-refractivity contribution in [3.8, 4) is 0 Å². The van der Waals surface area contributed by atoms with Crippen LogP contribution in [0.25, 0.3) is 10.9 Å². The van der Waals surface area contributed by atoms with E-state index in [9.17, 15) is 0 Å². The van der Waals surface area contributed by atoms with Crippen LogP contribution in [0.2, 0.25) is 0 Å². The predicted molar refractivity (Wildman–Crippen MR) is 64.0 cm³/mol. The largest absolute Gasteiger partial charge is 0.385 e. The van der Waals surface area contributed by atoms with E-state index in [1.807, 2.05) is 6.20 Å². The summed E-state index contributed by atoms with van der Waals surface area (Å²) >= 11 is 0. The number of anilines is 1. The summed E-state index contributed by atoms with van der Waals surface area (Å²) in [7, 11) is 0. The van der Waals surface area contributed by atoms with Gasteiger partial charge in [-0.15, -0.1) is 0 Å². The molecule has 1 aromatic heterocycles. The number of H-pyrrole nitrogens is 1. The van der Waals surface area contributed by atoms with E-state index in [2.05, 4.69) is 47.6 Å². The van der Waals surface area contributed by atoms with Crippen LogP contribution in [-0.2, 0) is 0 Å². The highest BCUT2D eigenvalue weighted by Gasteiger charge is 1.98. The Balaban J connectivity index is 2.02. The van der Waals surface area contributed by atoms with Gasteiger partial charge in [-0.1, -0.05) is 13.8 Å². The van der Waals surface area contributed by atoms with Crippen molar-refractivity contribution in [3.05, 3.63) is 24.4 Å². The maximum absolute atomic E-state index is 4.00. The number of benzene rings is 1. The summed E-state index contributed by atoms with van der Waals surface area (Å²) in [5.41, 5.74) is 2.25. The lowest BCUT2D eigenvalue weighted by Crippen LogP contribution is -2.04. The monoisotopic (exact) mass is 203 g/mol. The summed E-state index contributed by atoms with van der Waals surface area (Å²) in [6.45, 7) is 5.50. The zero-order valence-electron chi connectivity index (χ0n) is 9.25. The van der Waals surface area contributed by atoms with Crippen LogP contribution in [0.3, 0.4) is 0 Å². The SMILES string of the molecule is CC(C)CCNc1ccc2cn[nH]c2c1. The lowest BCUT2D eigenvalue weighted by atomic mass is 10.1. The van der Waals surface area contributed by atoms with Crippen molar-refractivity contribution < 1.29 is 0 Å². The van der Waals surface area contributed by atoms with E-state index in [0.717, 1.165) is 29.1 Å². The zero-order valence-corrected chi connectivity index (χ0v) is 9.25. The van der Waals surface area contributed by atoms with Gasteiger partial charge in [0.2, 0.25) is 0 Å². The molecule has 0 saturated heterocycles. The number of nitrogens with one attached hydrogen (secondary N) is 2. The molecule has 1 heterocycles. The summed E-state index contributed by atoms with van der Waals surface area (Å²) in [5, 5.41) is 11.5. The summed E-state index contributed by atoms with van der Waals surface area (Å²) in [4.78, 5) is 0. The second-order valence-electron chi connectivity index (χ2n) is 4.28. The average Bonchev–Trinajstić information content (AvgIpc) is 2.64. The van der Waals surface area contributed by atoms with E-state index in [-0.39, 0.29) is 0 Å². The van der Waals surface area contributed by atoms with Gasteiger partial charge in [0.15, 0.2) is 0 Å². The molecule has 0 spiro atoms. The van der Waals surface area contributed by atoms with Gasteiger partial charge >= 0.3 is 0 Å². The molecule has 2 rings (SSSR count). The van der Waals surface area contributed by atoms with Crippen molar-refractivity contribution in [3.63, 3.8) is 0 Å². The minimum atomic E-state index is 0.744. The Morgan fingerprint density at radius 3 is 3.07 bits per heavy atom. The summed E-state index contributed by atoms with van der Waals surface area (Å²) < 4.78 is 0. The Bertz CT molecular complexity index is 431. The molecule has 2 N–H and O–H groups in total. The van der Waals surface area contributed by atoms with Crippen LogP contribution in [0.1, 0.15) is 20.3 Å². The lowest BCUT2D eigenvalue weighted by molar-refractivity contribution is 0.607. The molecule has 1 aromatic carbocycles. The molecule has 0 aliphatic carbocycles. The molecular formula is C12H17N3. The van der Waals surface area contributed by atoms with E-state index in [0.29, 0.717) is 0 Å². The Labute approximate surface area is 89.9 Å². The Morgan fingerprint density at radius 2 is 2.27 bits per heavy atom. The van der Waals surface area contributed by atoms with E-state index >= 15 is 0 Å². The minimum Gasteiger partial charge on any atom is -0.385 e. The first-order valence-electron chi connectivity index (χ1n) is 5.43. The first-order chi connectivity index (χ1) is 7.25. The molecule has 0 radical (unpaired) electrons. The fourth-order valence-electron chi connectivity index (χ4n) is 1.55. The van der Waals surface area contributed by atoms with Crippen LogP contribution < -0.4 is 5.32 Å². The average molecular weight is 203 g/mol. The van der Waals surface area contributed by atoms with Gasteiger partial charge in [-0.05, 0) is 30.5 Å². The Morgan fingerprint density at radius 1 is 1.40 bits per heavy atom. The van der Waals surface area contributed by atoms with Gasteiger partial charge in [-0.25, -0.2) is 0 Å². The van der Waals surface area contributed by atoms with Gasteiger partial charge < -0.3 is 5.32 Å². The summed E-state index contributed by atoms with van der Waals surface area (Å²) in [6.07, 6.45) is 3.04. The van der Waals surface area contributed by atoms with Crippen LogP contribution in [0.5, 0.6) is 0 Å². The lowest BCUT2D eigenvalue weighted by Gasteiger charge is -2.07. The molecule has 0 atom stereocenters. The van der Waals surface area contributed by atoms with Gasteiger partial charge in [0, 0.05) is 17.6 Å². The van der Waals surface area contributed by atoms with E-state index < -0.39 is 0 Å². The van der Waals surface area contributed by atoms with Crippen LogP contribution in [0.15, 0.2) is 24.4 Å². The fourth-order valence-corrected chi connectivity index (χ4v) is 1.55. The number of fused-ring (bicyclic) bond motifs is 1. The Kier molecular flexibility index (Phi) is 2.90. The van der Waals surface area contributed by atoms with Gasteiger partial charge in [-0.2, -0.15) is 5.10 Å². The second kappa shape index (κ2) is 4.34. The van der Waals surface area contributed by atoms with Crippen molar-refractivity contribution in [2.75, 3.05) is 11.9 Å². The third-order valence-corrected chi connectivity index (χ3v) is 2.49. The molecule has 15 heavy (non-hydrogen) atoms. The number of hydrogen-bond acceptors (Lipinski definition) is 2. The van der Waals surface area contributed by atoms with Crippen molar-refractivity contribution in [1.82, 2.24) is 10.2 Å². The molecule has 0 fully saturated rings. The third kappa shape index (κ3) is 2.49. The van der Waals surface area contributed by atoms with Crippen LogP contribution >= 0.6 is 0 Å². The Hall–Kier alpha value is -1.51. The number of rotatable bonds is 4. The van der Waals surface area contributed by atoms with E-state index in [1.54, 1.807) is 0 Å². The van der Waals surface area contributed by atoms with Gasteiger partial charge in [0.1, 0.15) is 0 Å². The predicted octanol–water partition coefficient (Wildman–Crippen LogP) is 3.02. The normalized spacial score (nSPS) is 11.1. The molecule has 0 amide bonds. The molecule has 0 saturated carbocycles. The minimum absolute atomic E-state index is 0.744. The van der Waals surface area contributed by atoms with Crippen LogP contribution in [0, 0.1) is 5.92 Å². The zero-order chi connectivity index (χ0) is 10.7. The van der Waals surface area contributed by atoms with Gasteiger partial charge in [-0.3, -0.25) is 5.10 Å². The van der Waals surface area contributed by atoms with Crippen molar-refractivity contribution in [2.45, 2.75) is 20.3 Å². The quantitative estimate of drug-likeness (QED) is 0.802. The maximum Gasteiger partial charge on any atom is 0.0670 e. The number of aromatic amines is 1. The smallest absolute Gasteiger partial charge is 0.0670 e. The van der Waals surface area contributed by atoms with E-state index in [1.165, 1.54) is 6.42 Å². The van der Waals surface area contributed by atoms with Crippen LogP contribution in [-0.4, -0.2) is 16.7 Å². The highest BCUT2D eigenvalue weighted by molar-refractivity contribution is 5.81. The molecule has 0 unspecified atom stereocenters. The molecule has 0 aliphatic rings. The van der Waals surface area contributed by atoms with Gasteiger partial charge in [0.05, 0.1) is 11.7 Å². The first-order valence-corrected chi connectivity index (χ1v) is 5.43. The molecule has 0 bridgehead atoms. The number of aromatic nitrogens is 2. The van der Waals surface area contributed by atoms with Crippen molar-refractivity contribution in [2.24, 2.45) is 5.92 Å². The molecule has 3 nitrogen and oxygen atoms in total. The molecule has 80 valence electrons. The van der Waals surface area contributed by atoms with Crippen molar-refractivity contribution >= 4 is 16.6 Å². The second-order valence-corrected chi connectivity index (χ2v) is 4.28. The number of hydrogen-bond donors (Lipinski definition) is 2. The van der Waals surface area contributed by atoms with E-state index in [4.69, 9.17) is 0 Å². The number of nitrogens with zero attached hydrogens (tertiary/aromatic N) is 1. The summed E-state index contributed by atoms with van der Waals surface area (Å²) in [6, 6.07) is 6.28. The topological polar surface area (TPSA) is 40.7 Å². The fraction of sp³-hybridized carbons (Fsp3) is 0.417. The highest BCUT2D eigenvalue weighted by atomic mass is 15.1. The molecule has 2 aromatic rings. The first kappa shape index (κ1) is 10.0. The third-order valence-electron chi connectivity index (χ3n) is 2.49.